The number of halogens is 1. The Balaban J connectivity index is 1.80. The van der Waals surface area contributed by atoms with Gasteiger partial charge in [-0.1, -0.05) is 0 Å². The molecule has 1 nitrogen and oxygen atoms in total. The van der Waals surface area contributed by atoms with Crippen molar-refractivity contribution in [3.05, 3.63) is 0 Å². The van der Waals surface area contributed by atoms with Gasteiger partial charge in [-0.3, -0.25) is 0 Å². The van der Waals surface area contributed by atoms with Gasteiger partial charge in [0.2, 0.25) is 0 Å². The van der Waals surface area contributed by atoms with Crippen molar-refractivity contribution in [1.29, 1.82) is 0 Å². The Hall–Kier alpha value is 0.690. The average Bonchev–Trinajstić information content (AvgIpc) is 2.42. The summed E-state index contributed by atoms with van der Waals surface area (Å²) in [6.07, 6.45) is 3.03. The summed E-state index contributed by atoms with van der Waals surface area (Å²) in [7, 11) is 0. The number of alkyl halides is 1. The molecular weight excluding hydrogens is 201 g/mol. The summed E-state index contributed by atoms with van der Waals surface area (Å²) in [5.74, 6) is 0. The van der Waals surface area contributed by atoms with Gasteiger partial charge in [0.1, 0.15) is 0 Å². The molecule has 0 saturated heterocycles. The van der Waals surface area contributed by atoms with Crippen molar-refractivity contribution in [2.75, 3.05) is 6.54 Å². The van der Waals surface area contributed by atoms with E-state index in [-0.39, 0.29) is 0 Å². The average molecular weight is 212 g/mol. The van der Waals surface area contributed by atoms with E-state index in [0.717, 1.165) is 3.92 Å². The standard InChI is InChI=1S/C5H11IN/c1-2-7-6-5-3-4-5/h5,7H,2-4H2,1H3/q-1. The van der Waals surface area contributed by atoms with Crippen LogP contribution in [-0.4, -0.2) is 10.5 Å². The molecule has 2 heteroatoms. The molecule has 0 aromatic carbocycles. The molecule has 0 unspecified atom stereocenters. The second kappa shape index (κ2) is 2.87. The van der Waals surface area contributed by atoms with Crippen LogP contribution in [0.5, 0.6) is 0 Å². The first-order valence-electron chi connectivity index (χ1n) is 2.78. The van der Waals surface area contributed by atoms with Gasteiger partial charge in [-0.2, -0.15) is 0 Å². The summed E-state index contributed by atoms with van der Waals surface area (Å²) in [4.78, 5) is 0. The maximum atomic E-state index is 3.42. The second-order valence-corrected chi connectivity index (χ2v) is 4.92. The summed E-state index contributed by atoms with van der Waals surface area (Å²) in [5.41, 5.74) is 0. The van der Waals surface area contributed by atoms with E-state index in [1.54, 1.807) is 0 Å². The Kier molecular flexibility index (Phi) is 2.38. The molecule has 1 saturated carbocycles. The van der Waals surface area contributed by atoms with Crippen molar-refractivity contribution < 1.29 is 21.5 Å². The molecule has 0 atom stereocenters. The molecular formula is C5H11IN-. The first-order chi connectivity index (χ1) is 3.43. The zero-order chi connectivity index (χ0) is 5.11. The second-order valence-electron chi connectivity index (χ2n) is 1.77. The van der Waals surface area contributed by atoms with Crippen LogP contribution in [0.1, 0.15) is 19.8 Å². The van der Waals surface area contributed by atoms with Crippen LogP contribution >= 0.6 is 0 Å². The van der Waals surface area contributed by atoms with Crippen molar-refractivity contribution in [1.82, 2.24) is 3.53 Å². The molecule has 1 aliphatic carbocycles. The molecule has 0 heterocycles. The van der Waals surface area contributed by atoms with Gasteiger partial charge in [-0.05, 0) is 0 Å². The third kappa shape index (κ3) is 2.49. The number of nitrogens with one attached hydrogen (secondary N) is 1. The molecule has 44 valence electrons. The molecule has 1 aliphatic rings. The first-order valence-corrected chi connectivity index (χ1v) is 5.11. The van der Waals surface area contributed by atoms with E-state index in [2.05, 4.69) is 10.5 Å². The van der Waals surface area contributed by atoms with Crippen LogP contribution in [0.25, 0.3) is 0 Å². The number of rotatable bonds is 3. The van der Waals surface area contributed by atoms with E-state index < -0.39 is 0 Å². The Bertz CT molecular complexity index is 52.0. The molecule has 0 aliphatic heterocycles. The topological polar surface area (TPSA) is 12.0 Å². The fourth-order valence-electron chi connectivity index (χ4n) is 0.358. The Morgan fingerprint density at radius 2 is 2.43 bits per heavy atom. The SMILES string of the molecule is CCN[I-]C1CC1. The molecule has 7 heavy (non-hydrogen) atoms. The third-order valence-electron chi connectivity index (χ3n) is 0.872. The molecule has 0 bridgehead atoms. The molecule has 1 fully saturated rings. The maximum absolute atomic E-state index is 3.42. The monoisotopic (exact) mass is 212 g/mol. The summed E-state index contributed by atoms with van der Waals surface area (Å²) in [6, 6.07) is 0. The normalized spacial score (nSPS) is 20.7. The van der Waals surface area contributed by atoms with E-state index >= 15 is 0 Å². The fourth-order valence-corrected chi connectivity index (χ4v) is 2.40. The fraction of sp³-hybridized carbons (Fsp3) is 1.00. The Labute approximate surface area is 55.5 Å². The van der Waals surface area contributed by atoms with Gasteiger partial charge in [-0.15, -0.1) is 0 Å². The molecule has 0 spiro atoms. The molecule has 0 aromatic rings. The minimum atomic E-state index is 0.426. The van der Waals surface area contributed by atoms with E-state index in [9.17, 15) is 0 Å². The zero-order valence-electron chi connectivity index (χ0n) is 4.58. The van der Waals surface area contributed by atoms with Gasteiger partial charge in [-0.25, -0.2) is 0 Å². The molecule has 0 amide bonds. The first kappa shape index (κ1) is 5.82. The van der Waals surface area contributed by atoms with E-state index in [1.165, 1.54) is 19.4 Å². The third-order valence-corrected chi connectivity index (χ3v) is 4.20. The quantitative estimate of drug-likeness (QED) is 0.317. The van der Waals surface area contributed by atoms with E-state index in [1.807, 2.05) is 0 Å². The Morgan fingerprint density at radius 3 is 2.86 bits per heavy atom. The van der Waals surface area contributed by atoms with Crippen molar-refractivity contribution in [3.63, 3.8) is 0 Å². The van der Waals surface area contributed by atoms with Gasteiger partial charge < -0.3 is 0 Å². The van der Waals surface area contributed by atoms with Gasteiger partial charge in [0.05, 0.1) is 0 Å². The number of hydrogen-bond acceptors (Lipinski definition) is 1. The van der Waals surface area contributed by atoms with Crippen LogP contribution in [0.15, 0.2) is 0 Å². The van der Waals surface area contributed by atoms with Crippen LogP contribution in [0.3, 0.4) is 0 Å². The summed E-state index contributed by atoms with van der Waals surface area (Å²) in [6.45, 7) is 3.37. The Morgan fingerprint density at radius 1 is 1.71 bits per heavy atom. The van der Waals surface area contributed by atoms with Crippen molar-refractivity contribution >= 4 is 0 Å². The van der Waals surface area contributed by atoms with Gasteiger partial charge in [0.25, 0.3) is 0 Å². The minimum absolute atomic E-state index is 0.426. The van der Waals surface area contributed by atoms with E-state index in [0.29, 0.717) is 21.5 Å². The zero-order valence-corrected chi connectivity index (χ0v) is 6.73. The van der Waals surface area contributed by atoms with Crippen LogP contribution in [0.4, 0.5) is 0 Å². The van der Waals surface area contributed by atoms with Gasteiger partial charge >= 0.3 is 55.2 Å². The van der Waals surface area contributed by atoms with Gasteiger partial charge in [0.15, 0.2) is 0 Å². The van der Waals surface area contributed by atoms with Crippen LogP contribution in [0, 0.1) is 0 Å². The predicted molar refractivity (Wildman–Crippen MR) is 26.7 cm³/mol. The molecule has 0 aromatic heterocycles. The van der Waals surface area contributed by atoms with Crippen LogP contribution in [-0.2, 0) is 0 Å². The van der Waals surface area contributed by atoms with E-state index in [4.69, 9.17) is 0 Å². The summed E-state index contributed by atoms with van der Waals surface area (Å²) in [5, 5.41) is 0. The number of hydrogen-bond donors (Lipinski definition) is 1. The van der Waals surface area contributed by atoms with Gasteiger partial charge in [0, 0.05) is 0 Å². The van der Waals surface area contributed by atoms with Crippen molar-refractivity contribution in [2.45, 2.75) is 23.7 Å². The molecule has 1 N–H and O–H groups in total. The predicted octanol–water partition coefficient (Wildman–Crippen LogP) is -2.24. The van der Waals surface area contributed by atoms with Crippen LogP contribution < -0.4 is 25.0 Å². The molecule has 0 radical (unpaired) electrons. The van der Waals surface area contributed by atoms with Crippen molar-refractivity contribution in [2.24, 2.45) is 0 Å². The van der Waals surface area contributed by atoms with Crippen LogP contribution in [0.2, 0.25) is 0 Å². The molecule has 1 rings (SSSR count). The summed E-state index contributed by atoms with van der Waals surface area (Å²) < 4.78 is 4.57. The van der Waals surface area contributed by atoms with Crippen molar-refractivity contribution in [3.8, 4) is 0 Å². The summed E-state index contributed by atoms with van der Waals surface area (Å²) >= 11 is 0.426.